The van der Waals surface area contributed by atoms with Gasteiger partial charge in [-0.2, -0.15) is 0 Å². The van der Waals surface area contributed by atoms with E-state index in [9.17, 15) is 14.7 Å². The van der Waals surface area contributed by atoms with Gasteiger partial charge in [0.05, 0.1) is 5.92 Å². The Morgan fingerprint density at radius 1 is 1.09 bits per heavy atom. The first-order valence-electron chi connectivity index (χ1n) is 8.33. The van der Waals surface area contributed by atoms with Crippen molar-refractivity contribution < 1.29 is 14.7 Å². The maximum Gasteiger partial charge on any atom is 0.308 e. The van der Waals surface area contributed by atoms with Crippen molar-refractivity contribution in [3.63, 3.8) is 0 Å². The number of likely N-dealkylation sites (tertiary alicyclic amines) is 1. The van der Waals surface area contributed by atoms with Gasteiger partial charge in [0, 0.05) is 29.9 Å². The molecule has 1 aliphatic heterocycles. The van der Waals surface area contributed by atoms with Gasteiger partial charge in [0.25, 0.3) is 0 Å². The van der Waals surface area contributed by atoms with Crippen LogP contribution in [0, 0.1) is 23.7 Å². The normalized spacial score (nSPS) is 35.2. The Morgan fingerprint density at radius 3 is 2.35 bits per heavy atom. The molecular formula is C18H20ClNO3. The summed E-state index contributed by atoms with van der Waals surface area (Å²) in [6, 6.07) is 7.32. The van der Waals surface area contributed by atoms with Crippen molar-refractivity contribution in [1.82, 2.24) is 4.90 Å². The number of rotatable bonds is 3. The summed E-state index contributed by atoms with van der Waals surface area (Å²) in [6.45, 7) is 0.838. The zero-order valence-corrected chi connectivity index (χ0v) is 13.6. The van der Waals surface area contributed by atoms with Crippen LogP contribution >= 0.6 is 11.6 Å². The van der Waals surface area contributed by atoms with Gasteiger partial charge in [-0.3, -0.25) is 9.59 Å². The molecule has 23 heavy (non-hydrogen) atoms. The molecule has 1 heterocycles. The SMILES string of the molecule is O=C(O)[C@@H]1CN(C(=O)C2C3CCCC32)C[C@H]1c1ccc(Cl)cc1. The van der Waals surface area contributed by atoms with Crippen LogP contribution in [0.3, 0.4) is 0 Å². The highest BCUT2D eigenvalue weighted by Gasteiger charge is 2.58. The molecule has 0 aromatic heterocycles. The maximum atomic E-state index is 12.7. The zero-order chi connectivity index (χ0) is 16.1. The predicted octanol–water partition coefficient (Wildman–Crippen LogP) is 3.01. The number of fused-ring (bicyclic) bond motifs is 1. The van der Waals surface area contributed by atoms with Crippen molar-refractivity contribution >= 4 is 23.5 Å². The summed E-state index contributed by atoms with van der Waals surface area (Å²) < 4.78 is 0. The van der Waals surface area contributed by atoms with Crippen LogP contribution in [0.1, 0.15) is 30.7 Å². The summed E-state index contributed by atoms with van der Waals surface area (Å²) >= 11 is 5.92. The number of hydrogen-bond donors (Lipinski definition) is 1. The maximum absolute atomic E-state index is 12.7. The fourth-order valence-electron chi connectivity index (χ4n) is 4.68. The van der Waals surface area contributed by atoms with Crippen LogP contribution in [0.15, 0.2) is 24.3 Å². The minimum atomic E-state index is -0.823. The van der Waals surface area contributed by atoms with Gasteiger partial charge in [0.1, 0.15) is 0 Å². The highest BCUT2D eigenvalue weighted by atomic mass is 35.5. The van der Waals surface area contributed by atoms with Crippen LogP contribution in [0.25, 0.3) is 0 Å². The van der Waals surface area contributed by atoms with Crippen LogP contribution in [0.5, 0.6) is 0 Å². The lowest BCUT2D eigenvalue weighted by atomic mass is 9.89. The van der Waals surface area contributed by atoms with E-state index in [1.165, 1.54) is 6.42 Å². The number of hydrogen-bond acceptors (Lipinski definition) is 2. The van der Waals surface area contributed by atoms with Gasteiger partial charge in [0.2, 0.25) is 5.91 Å². The van der Waals surface area contributed by atoms with Gasteiger partial charge < -0.3 is 10.0 Å². The molecule has 4 atom stereocenters. The molecule has 2 aliphatic carbocycles. The van der Waals surface area contributed by atoms with Crippen LogP contribution in [-0.2, 0) is 9.59 Å². The van der Waals surface area contributed by atoms with E-state index in [2.05, 4.69) is 0 Å². The number of carboxylic acids is 1. The molecule has 1 saturated heterocycles. The number of carbonyl (C=O) groups is 2. The first kappa shape index (κ1) is 15.0. The standard InChI is InChI=1S/C18H20ClNO3/c19-11-6-4-10(5-7-11)14-8-20(9-15(14)18(22)23)17(21)16-12-2-1-3-13(12)16/h4-7,12-16H,1-3,8-9H2,(H,22,23)/t12?,13?,14-,15+,16?/m0/s1. The van der Waals surface area contributed by atoms with Gasteiger partial charge in [-0.1, -0.05) is 30.2 Å². The largest absolute Gasteiger partial charge is 0.481 e. The van der Waals surface area contributed by atoms with E-state index in [1.54, 1.807) is 17.0 Å². The summed E-state index contributed by atoms with van der Waals surface area (Å²) in [5.74, 6) is -0.00689. The van der Waals surface area contributed by atoms with Crippen LogP contribution in [0.4, 0.5) is 0 Å². The summed E-state index contributed by atoms with van der Waals surface area (Å²) in [7, 11) is 0. The molecule has 1 N–H and O–H groups in total. The van der Waals surface area contributed by atoms with E-state index in [4.69, 9.17) is 11.6 Å². The lowest BCUT2D eigenvalue weighted by Crippen LogP contribution is -2.32. The number of carboxylic acid groups (broad SMARTS) is 1. The smallest absolute Gasteiger partial charge is 0.308 e. The van der Waals surface area contributed by atoms with Crippen molar-refractivity contribution in [2.24, 2.45) is 23.7 Å². The molecule has 2 saturated carbocycles. The Hall–Kier alpha value is -1.55. The lowest BCUT2D eigenvalue weighted by molar-refractivity contribution is -0.142. The van der Waals surface area contributed by atoms with Crippen molar-refractivity contribution in [3.8, 4) is 0 Å². The third-order valence-corrected chi connectivity index (χ3v) is 6.19. The fraction of sp³-hybridized carbons (Fsp3) is 0.556. The molecule has 4 rings (SSSR count). The van der Waals surface area contributed by atoms with Crippen molar-refractivity contribution in [1.29, 1.82) is 0 Å². The van der Waals surface area contributed by atoms with Crippen LogP contribution in [-0.4, -0.2) is 35.0 Å². The summed E-state index contributed by atoms with van der Waals surface area (Å²) in [5.41, 5.74) is 0.952. The highest BCUT2D eigenvalue weighted by Crippen LogP contribution is 2.58. The van der Waals surface area contributed by atoms with Gasteiger partial charge in [-0.15, -0.1) is 0 Å². The molecule has 1 amide bonds. The molecule has 0 spiro atoms. The summed E-state index contributed by atoms with van der Waals surface area (Å²) in [6.07, 6.45) is 3.57. The number of benzene rings is 1. The molecule has 2 unspecified atom stereocenters. The van der Waals surface area contributed by atoms with Gasteiger partial charge >= 0.3 is 5.97 Å². The third kappa shape index (κ3) is 2.53. The molecule has 1 aromatic rings. The minimum Gasteiger partial charge on any atom is -0.481 e. The van der Waals surface area contributed by atoms with Crippen molar-refractivity contribution in [2.45, 2.75) is 25.2 Å². The van der Waals surface area contributed by atoms with E-state index < -0.39 is 11.9 Å². The second kappa shape index (κ2) is 5.52. The quantitative estimate of drug-likeness (QED) is 0.925. The minimum absolute atomic E-state index is 0.146. The molecule has 0 bridgehead atoms. The Balaban J connectivity index is 1.52. The number of aliphatic carboxylic acids is 1. The monoisotopic (exact) mass is 333 g/mol. The Labute approximate surface area is 140 Å². The Bertz CT molecular complexity index is 634. The summed E-state index contributed by atoms with van der Waals surface area (Å²) in [5, 5.41) is 10.2. The van der Waals surface area contributed by atoms with E-state index in [1.807, 2.05) is 12.1 Å². The second-order valence-corrected chi connectivity index (χ2v) is 7.57. The predicted molar refractivity (Wildman–Crippen MR) is 86.2 cm³/mol. The van der Waals surface area contributed by atoms with Crippen molar-refractivity contribution in [3.05, 3.63) is 34.9 Å². The van der Waals surface area contributed by atoms with Gasteiger partial charge in [0.15, 0.2) is 0 Å². The number of nitrogens with zero attached hydrogens (tertiary/aromatic N) is 1. The average molecular weight is 334 g/mol. The van der Waals surface area contributed by atoms with E-state index >= 15 is 0 Å². The molecule has 1 aromatic carbocycles. The average Bonchev–Trinajstić information content (AvgIpc) is 2.93. The lowest BCUT2D eigenvalue weighted by Gasteiger charge is -2.17. The number of halogens is 1. The number of amides is 1. The molecule has 3 aliphatic rings. The van der Waals surface area contributed by atoms with E-state index in [-0.39, 0.29) is 17.7 Å². The molecule has 122 valence electrons. The van der Waals surface area contributed by atoms with E-state index in [0.717, 1.165) is 18.4 Å². The van der Waals surface area contributed by atoms with Crippen LogP contribution in [0.2, 0.25) is 5.02 Å². The van der Waals surface area contributed by atoms with Crippen molar-refractivity contribution in [2.75, 3.05) is 13.1 Å². The van der Waals surface area contributed by atoms with Gasteiger partial charge in [-0.05, 0) is 42.4 Å². The first-order chi connectivity index (χ1) is 11.1. The fourth-order valence-corrected chi connectivity index (χ4v) is 4.81. The first-order valence-corrected chi connectivity index (χ1v) is 8.71. The molecule has 5 heteroatoms. The number of carbonyl (C=O) groups excluding carboxylic acids is 1. The van der Waals surface area contributed by atoms with Gasteiger partial charge in [-0.25, -0.2) is 0 Å². The molecular weight excluding hydrogens is 314 g/mol. The van der Waals surface area contributed by atoms with E-state index in [0.29, 0.717) is 29.9 Å². The molecule has 4 nitrogen and oxygen atoms in total. The molecule has 0 radical (unpaired) electrons. The Kier molecular flexibility index (Phi) is 3.60. The topological polar surface area (TPSA) is 57.6 Å². The third-order valence-electron chi connectivity index (χ3n) is 5.94. The van der Waals surface area contributed by atoms with Crippen LogP contribution < -0.4 is 0 Å². The zero-order valence-electron chi connectivity index (χ0n) is 12.8. The summed E-state index contributed by atoms with van der Waals surface area (Å²) in [4.78, 5) is 26.2. The Morgan fingerprint density at radius 2 is 1.74 bits per heavy atom. The highest BCUT2D eigenvalue weighted by molar-refractivity contribution is 6.30. The second-order valence-electron chi connectivity index (χ2n) is 7.13. The molecule has 3 fully saturated rings.